The molecule has 0 aliphatic heterocycles. The summed E-state index contributed by atoms with van der Waals surface area (Å²) in [5.74, 6) is -0.500. The van der Waals surface area contributed by atoms with Gasteiger partial charge in [-0.25, -0.2) is 4.39 Å². The van der Waals surface area contributed by atoms with E-state index in [4.69, 9.17) is 0 Å². The molecule has 2 unspecified atom stereocenters. The van der Waals surface area contributed by atoms with E-state index in [1.807, 2.05) is 0 Å². The molecule has 6 heteroatoms. The van der Waals surface area contributed by atoms with Crippen molar-refractivity contribution in [1.82, 2.24) is 0 Å². The summed E-state index contributed by atoms with van der Waals surface area (Å²) in [5.41, 5.74) is -0.249. The quantitative estimate of drug-likeness (QED) is 0.749. The Hall–Kier alpha value is -1.69. The summed E-state index contributed by atoms with van der Waals surface area (Å²) in [7, 11) is -1.54. The molecule has 0 saturated heterocycles. The number of hydrogen-bond acceptors (Lipinski definition) is 1. The van der Waals surface area contributed by atoms with Gasteiger partial charge in [0.25, 0.3) is 0 Å². The van der Waals surface area contributed by atoms with Crippen LogP contribution in [0.25, 0.3) is 0 Å². The Morgan fingerprint density at radius 3 is 2.19 bits per heavy atom. The second-order valence-electron chi connectivity index (χ2n) is 4.52. The maximum absolute atomic E-state index is 13.1. The van der Waals surface area contributed by atoms with Gasteiger partial charge in [0.15, 0.2) is 0 Å². The van der Waals surface area contributed by atoms with E-state index in [1.54, 1.807) is 6.92 Å². The van der Waals surface area contributed by atoms with Gasteiger partial charge >= 0.3 is 6.18 Å². The van der Waals surface area contributed by atoms with Gasteiger partial charge in [0.1, 0.15) is 5.82 Å². The number of benzene rings is 2. The van der Waals surface area contributed by atoms with Gasteiger partial charge in [-0.3, -0.25) is 4.21 Å². The van der Waals surface area contributed by atoms with Crippen LogP contribution in [0.5, 0.6) is 0 Å². The Labute approximate surface area is 122 Å². The van der Waals surface area contributed by atoms with Gasteiger partial charge < -0.3 is 0 Å². The lowest BCUT2D eigenvalue weighted by molar-refractivity contribution is -0.137. The highest BCUT2D eigenvalue weighted by Crippen LogP contribution is 2.31. The van der Waals surface area contributed by atoms with Crippen molar-refractivity contribution in [3.63, 3.8) is 0 Å². The lowest BCUT2D eigenvalue weighted by Gasteiger charge is -2.13. The molecule has 0 spiro atoms. The molecule has 0 bridgehead atoms. The van der Waals surface area contributed by atoms with Gasteiger partial charge in [0.05, 0.1) is 21.6 Å². The van der Waals surface area contributed by atoms with Crippen LogP contribution in [0.3, 0.4) is 0 Å². The van der Waals surface area contributed by atoms with Gasteiger partial charge in [-0.1, -0.05) is 18.2 Å². The molecule has 0 aliphatic rings. The number of halogens is 4. The van der Waals surface area contributed by atoms with Crippen LogP contribution in [0.1, 0.15) is 23.3 Å². The van der Waals surface area contributed by atoms with Crippen molar-refractivity contribution in [1.29, 1.82) is 0 Å². The Morgan fingerprint density at radius 1 is 1.05 bits per heavy atom. The molecule has 0 heterocycles. The Kier molecular flexibility index (Phi) is 4.46. The molecule has 1 nitrogen and oxygen atoms in total. The molecule has 2 aromatic rings. The topological polar surface area (TPSA) is 17.1 Å². The fraction of sp³-hybridized carbons (Fsp3) is 0.200. The molecule has 0 fully saturated rings. The minimum absolute atomic E-state index is 0.308. The van der Waals surface area contributed by atoms with Crippen LogP contribution >= 0.6 is 0 Å². The van der Waals surface area contributed by atoms with Crippen molar-refractivity contribution in [2.75, 3.05) is 0 Å². The molecule has 0 amide bonds. The molecule has 0 saturated carbocycles. The first-order valence-corrected chi connectivity index (χ1v) is 7.33. The third kappa shape index (κ3) is 3.69. The third-order valence-corrected chi connectivity index (χ3v) is 4.69. The summed E-state index contributed by atoms with van der Waals surface area (Å²) in [6, 6.07) is 9.88. The smallest absolute Gasteiger partial charge is 0.254 e. The summed E-state index contributed by atoms with van der Waals surface area (Å²) in [6.45, 7) is 1.63. The average Bonchev–Trinajstić information content (AvgIpc) is 2.45. The molecule has 0 aliphatic carbocycles. The minimum Gasteiger partial charge on any atom is -0.254 e. The van der Waals surface area contributed by atoms with Crippen molar-refractivity contribution in [3.05, 3.63) is 65.5 Å². The van der Waals surface area contributed by atoms with Gasteiger partial charge in [-0.2, -0.15) is 13.2 Å². The monoisotopic (exact) mass is 316 g/mol. The molecule has 21 heavy (non-hydrogen) atoms. The predicted molar refractivity (Wildman–Crippen MR) is 72.7 cm³/mol. The third-order valence-electron chi connectivity index (χ3n) is 3.06. The maximum atomic E-state index is 13.1. The van der Waals surface area contributed by atoms with Crippen molar-refractivity contribution < 1.29 is 21.8 Å². The van der Waals surface area contributed by atoms with Crippen LogP contribution < -0.4 is 0 Å². The largest absolute Gasteiger partial charge is 0.416 e. The molecule has 2 aromatic carbocycles. The minimum atomic E-state index is -4.40. The van der Waals surface area contributed by atoms with E-state index in [9.17, 15) is 21.8 Å². The fourth-order valence-electron chi connectivity index (χ4n) is 1.86. The van der Waals surface area contributed by atoms with Gasteiger partial charge in [-0.05, 0) is 42.8 Å². The number of rotatable bonds is 3. The highest BCUT2D eigenvalue weighted by molar-refractivity contribution is 7.85. The van der Waals surface area contributed by atoms with E-state index >= 15 is 0 Å². The van der Waals surface area contributed by atoms with Crippen molar-refractivity contribution in [2.24, 2.45) is 0 Å². The zero-order valence-electron chi connectivity index (χ0n) is 11.0. The van der Waals surface area contributed by atoms with Gasteiger partial charge in [0.2, 0.25) is 0 Å². The van der Waals surface area contributed by atoms with Crippen molar-refractivity contribution in [3.8, 4) is 0 Å². The van der Waals surface area contributed by atoms with Crippen LogP contribution in [0.15, 0.2) is 53.4 Å². The fourth-order valence-corrected chi connectivity index (χ4v) is 3.12. The van der Waals surface area contributed by atoms with E-state index in [0.29, 0.717) is 10.5 Å². The molecule has 0 N–H and O–H groups in total. The zero-order chi connectivity index (χ0) is 15.6. The SMILES string of the molecule is CC(c1ccc(C(F)(F)F)cc1)S(=O)c1cccc(F)c1. The Bertz CT molecular complexity index is 649. The van der Waals surface area contributed by atoms with Crippen LogP contribution in [0.2, 0.25) is 0 Å². The van der Waals surface area contributed by atoms with Gasteiger partial charge in [-0.15, -0.1) is 0 Å². The Balaban J connectivity index is 2.24. The molecular weight excluding hydrogens is 304 g/mol. The van der Waals surface area contributed by atoms with Crippen molar-refractivity contribution >= 4 is 10.8 Å². The summed E-state index contributed by atoms with van der Waals surface area (Å²) in [6.07, 6.45) is -4.40. The molecule has 0 radical (unpaired) electrons. The standard InChI is InChI=1S/C15H12F4OS/c1-10(21(20)14-4-2-3-13(16)9-14)11-5-7-12(8-6-11)15(17,18)19/h2-10H,1H3. The van der Waals surface area contributed by atoms with E-state index in [-0.39, 0.29) is 0 Å². The maximum Gasteiger partial charge on any atom is 0.416 e. The van der Waals surface area contributed by atoms with E-state index < -0.39 is 33.6 Å². The highest BCUT2D eigenvalue weighted by Gasteiger charge is 2.30. The first-order valence-electron chi connectivity index (χ1n) is 6.12. The van der Waals surface area contributed by atoms with Crippen LogP contribution in [-0.4, -0.2) is 4.21 Å². The molecule has 2 rings (SSSR count). The van der Waals surface area contributed by atoms with Crippen LogP contribution in [0, 0.1) is 5.82 Å². The summed E-state index contributed by atoms with van der Waals surface area (Å²) >= 11 is 0. The molecular formula is C15H12F4OS. The predicted octanol–water partition coefficient (Wildman–Crippen LogP) is 4.71. The lowest BCUT2D eigenvalue weighted by atomic mass is 10.1. The first-order chi connectivity index (χ1) is 9.79. The summed E-state index contributed by atoms with van der Waals surface area (Å²) in [5, 5.41) is -0.533. The van der Waals surface area contributed by atoms with Crippen LogP contribution in [0.4, 0.5) is 17.6 Å². The normalized spacial score (nSPS) is 14.7. The van der Waals surface area contributed by atoms with Crippen LogP contribution in [-0.2, 0) is 17.0 Å². The lowest BCUT2D eigenvalue weighted by Crippen LogP contribution is -2.07. The second kappa shape index (κ2) is 5.97. The molecule has 0 aromatic heterocycles. The van der Waals surface area contributed by atoms with E-state index in [0.717, 1.165) is 18.2 Å². The Morgan fingerprint density at radius 2 is 1.67 bits per heavy atom. The average molecular weight is 316 g/mol. The van der Waals surface area contributed by atoms with Gasteiger partial charge in [0, 0.05) is 4.90 Å². The number of alkyl halides is 3. The number of hydrogen-bond donors (Lipinski definition) is 0. The first kappa shape index (κ1) is 15.7. The van der Waals surface area contributed by atoms with E-state index in [1.165, 1.54) is 30.3 Å². The molecule has 2 atom stereocenters. The zero-order valence-corrected chi connectivity index (χ0v) is 11.8. The summed E-state index contributed by atoms with van der Waals surface area (Å²) in [4.78, 5) is 0.308. The highest BCUT2D eigenvalue weighted by atomic mass is 32.2. The molecule has 112 valence electrons. The second-order valence-corrected chi connectivity index (χ2v) is 6.29. The van der Waals surface area contributed by atoms with Crippen molar-refractivity contribution in [2.45, 2.75) is 23.2 Å². The van der Waals surface area contributed by atoms with E-state index in [2.05, 4.69) is 0 Å². The summed E-state index contributed by atoms with van der Waals surface area (Å²) < 4.78 is 62.9.